The van der Waals surface area contributed by atoms with Crippen LogP contribution < -0.4 is 9.64 Å². The zero-order chi connectivity index (χ0) is 29.1. The lowest BCUT2D eigenvalue weighted by atomic mass is 10.1. The molecule has 0 aliphatic carbocycles. The SMILES string of the molecule is CC(C)OC(=O)[C@H](C)N(C(=O)[C@@H]1C[C@@H](O)CN1S(=O)(=O)c1ccc(F)cc1)c1ccc(OC(=O)N(C)C)cc1. The van der Waals surface area contributed by atoms with Crippen molar-refractivity contribution in [3.05, 3.63) is 54.3 Å². The molecule has 39 heavy (non-hydrogen) atoms. The zero-order valence-electron chi connectivity index (χ0n) is 22.3. The standard InChI is InChI=1S/C26H32FN3O8S/c1-16(2)37-25(33)17(3)30(19-8-10-21(11-9-19)38-26(34)28(4)5)24(32)23-14-20(31)15-29(23)39(35,36)22-12-6-18(27)7-13-22/h6-13,16-17,20,23,31H,14-15H2,1-5H3/t17-,20+,23-/m0/s1. The van der Waals surface area contributed by atoms with Crippen molar-refractivity contribution in [2.24, 2.45) is 0 Å². The lowest BCUT2D eigenvalue weighted by Gasteiger charge is -2.33. The second-order valence-electron chi connectivity index (χ2n) is 9.56. The molecule has 0 bridgehead atoms. The van der Waals surface area contributed by atoms with Gasteiger partial charge in [0.25, 0.3) is 0 Å². The van der Waals surface area contributed by atoms with Gasteiger partial charge in [-0.1, -0.05) is 0 Å². The molecule has 3 rings (SSSR count). The Morgan fingerprint density at radius 2 is 1.62 bits per heavy atom. The molecule has 2 aromatic rings. The van der Waals surface area contributed by atoms with Crippen LogP contribution in [-0.4, -0.2) is 85.6 Å². The number of aliphatic hydroxyl groups is 1. The van der Waals surface area contributed by atoms with Gasteiger partial charge in [-0.15, -0.1) is 0 Å². The highest BCUT2D eigenvalue weighted by atomic mass is 32.2. The number of carbonyl (C=O) groups excluding carboxylic acids is 3. The van der Waals surface area contributed by atoms with Crippen molar-refractivity contribution in [1.82, 2.24) is 9.21 Å². The molecule has 1 aliphatic heterocycles. The second kappa shape index (κ2) is 12.1. The molecule has 1 N–H and O–H groups in total. The van der Waals surface area contributed by atoms with Crippen LogP contribution in [0.1, 0.15) is 27.2 Å². The normalized spacial score (nSPS) is 18.5. The summed E-state index contributed by atoms with van der Waals surface area (Å²) in [5, 5.41) is 10.4. The van der Waals surface area contributed by atoms with E-state index < -0.39 is 58.1 Å². The number of rotatable bonds is 8. The van der Waals surface area contributed by atoms with E-state index in [2.05, 4.69) is 0 Å². The number of β-amino-alcohol motifs (C(OH)–C–C–N with tert-alkyl or cyclic N) is 1. The molecule has 1 fully saturated rings. The molecule has 0 radical (unpaired) electrons. The molecule has 3 atom stereocenters. The highest BCUT2D eigenvalue weighted by Crippen LogP contribution is 2.31. The van der Waals surface area contributed by atoms with Crippen LogP contribution in [0.5, 0.6) is 5.75 Å². The third-order valence-electron chi connectivity index (χ3n) is 5.94. The Balaban J connectivity index is 2.00. The summed E-state index contributed by atoms with van der Waals surface area (Å²) in [6, 6.07) is 7.31. The fourth-order valence-electron chi connectivity index (χ4n) is 4.02. The average molecular weight is 566 g/mol. The Morgan fingerprint density at radius 3 is 2.15 bits per heavy atom. The molecule has 13 heteroatoms. The Labute approximate surface area is 226 Å². The van der Waals surface area contributed by atoms with Crippen LogP contribution in [0, 0.1) is 5.82 Å². The highest BCUT2D eigenvalue weighted by molar-refractivity contribution is 7.89. The Bertz CT molecular complexity index is 1300. The summed E-state index contributed by atoms with van der Waals surface area (Å²) in [6.07, 6.45) is -2.47. The minimum absolute atomic E-state index is 0.180. The van der Waals surface area contributed by atoms with E-state index in [9.17, 15) is 32.3 Å². The van der Waals surface area contributed by atoms with E-state index in [0.717, 1.165) is 33.5 Å². The third kappa shape index (κ3) is 6.91. The number of benzene rings is 2. The Kier molecular flexibility index (Phi) is 9.30. The number of aliphatic hydroxyl groups excluding tert-OH is 1. The second-order valence-corrected chi connectivity index (χ2v) is 11.5. The molecule has 2 amide bonds. The summed E-state index contributed by atoms with van der Waals surface area (Å²) >= 11 is 0. The van der Waals surface area contributed by atoms with Crippen LogP contribution in [0.3, 0.4) is 0 Å². The topological polar surface area (TPSA) is 134 Å². The van der Waals surface area contributed by atoms with Crippen LogP contribution in [0.15, 0.2) is 53.4 Å². The number of carbonyl (C=O) groups is 3. The van der Waals surface area contributed by atoms with Gasteiger partial charge < -0.3 is 19.5 Å². The van der Waals surface area contributed by atoms with E-state index in [-0.39, 0.29) is 29.3 Å². The molecular formula is C26H32FN3O8S. The molecule has 0 spiro atoms. The van der Waals surface area contributed by atoms with Gasteiger partial charge >= 0.3 is 12.1 Å². The maximum atomic E-state index is 14.0. The van der Waals surface area contributed by atoms with Crippen molar-refractivity contribution in [2.75, 3.05) is 25.5 Å². The van der Waals surface area contributed by atoms with Gasteiger partial charge in [-0.2, -0.15) is 4.31 Å². The van der Waals surface area contributed by atoms with Crippen LogP contribution in [0.4, 0.5) is 14.9 Å². The summed E-state index contributed by atoms with van der Waals surface area (Å²) in [4.78, 5) is 40.8. The number of esters is 1. The number of sulfonamides is 1. The van der Waals surface area contributed by atoms with Gasteiger partial charge in [0.1, 0.15) is 23.7 Å². The van der Waals surface area contributed by atoms with Crippen LogP contribution in [-0.2, 0) is 24.3 Å². The number of halogens is 1. The van der Waals surface area contributed by atoms with Crippen molar-refractivity contribution in [3.63, 3.8) is 0 Å². The lowest BCUT2D eigenvalue weighted by Crippen LogP contribution is -2.53. The minimum Gasteiger partial charge on any atom is -0.461 e. The fraction of sp³-hybridized carbons (Fsp3) is 0.423. The first-order valence-electron chi connectivity index (χ1n) is 12.2. The maximum absolute atomic E-state index is 14.0. The molecule has 0 saturated carbocycles. The van der Waals surface area contributed by atoms with E-state index in [1.807, 2.05) is 0 Å². The number of nitrogens with zero attached hydrogens (tertiary/aromatic N) is 3. The van der Waals surface area contributed by atoms with Crippen LogP contribution in [0.25, 0.3) is 0 Å². The first kappa shape index (κ1) is 30.0. The van der Waals surface area contributed by atoms with Gasteiger partial charge in [0.05, 0.1) is 17.1 Å². The molecular weight excluding hydrogens is 533 g/mol. The Hall–Kier alpha value is -3.55. The van der Waals surface area contributed by atoms with Crippen molar-refractivity contribution < 1.29 is 41.8 Å². The fourth-order valence-corrected chi connectivity index (χ4v) is 5.65. The minimum atomic E-state index is -4.31. The summed E-state index contributed by atoms with van der Waals surface area (Å²) < 4.78 is 51.6. The smallest absolute Gasteiger partial charge is 0.414 e. The van der Waals surface area contributed by atoms with Gasteiger partial charge in [-0.05, 0) is 69.3 Å². The van der Waals surface area contributed by atoms with Gasteiger partial charge in [0.15, 0.2) is 0 Å². The van der Waals surface area contributed by atoms with Crippen LogP contribution in [0.2, 0.25) is 0 Å². The van der Waals surface area contributed by atoms with E-state index in [1.165, 1.54) is 50.2 Å². The summed E-state index contributed by atoms with van der Waals surface area (Å²) in [5.74, 6) is -1.96. The highest BCUT2D eigenvalue weighted by Gasteiger charge is 2.46. The molecule has 1 saturated heterocycles. The maximum Gasteiger partial charge on any atom is 0.414 e. The predicted octanol–water partition coefficient (Wildman–Crippen LogP) is 2.38. The number of amides is 2. The lowest BCUT2D eigenvalue weighted by molar-refractivity contribution is -0.149. The number of hydrogen-bond donors (Lipinski definition) is 1. The van der Waals surface area contributed by atoms with Crippen molar-refractivity contribution >= 4 is 33.7 Å². The summed E-state index contributed by atoms with van der Waals surface area (Å²) in [5.41, 5.74) is 0.207. The average Bonchev–Trinajstić information content (AvgIpc) is 3.27. The molecule has 212 valence electrons. The van der Waals surface area contributed by atoms with E-state index in [4.69, 9.17) is 9.47 Å². The number of anilines is 1. The predicted molar refractivity (Wildman–Crippen MR) is 139 cm³/mol. The number of hydrogen-bond acceptors (Lipinski definition) is 8. The van der Waals surface area contributed by atoms with Gasteiger partial charge in [0.2, 0.25) is 15.9 Å². The molecule has 1 aliphatic rings. The first-order chi connectivity index (χ1) is 18.2. The van der Waals surface area contributed by atoms with Crippen LogP contribution >= 0.6 is 0 Å². The van der Waals surface area contributed by atoms with Gasteiger partial charge in [-0.25, -0.2) is 22.4 Å². The van der Waals surface area contributed by atoms with Crippen molar-refractivity contribution in [2.45, 2.75) is 56.4 Å². The molecule has 11 nitrogen and oxygen atoms in total. The molecule has 2 aromatic carbocycles. The summed E-state index contributed by atoms with van der Waals surface area (Å²) in [7, 11) is -1.28. The third-order valence-corrected chi connectivity index (χ3v) is 7.83. The largest absolute Gasteiger partial charge is 0.461 e. The quantitative estimate of drug-likeness (QED) is 0.483. The number of ether oxygens (including phenoxy) is 2. The molecule has 0 unspecified atom stereocenters. The van der Waals surface area contributed by atoms with Gasteiger partial charge in [-0.3, -0.25) is 9.69 Å². The van der Waals surface area contributed by atoms with E-state index in [1.54, 1.807) is 13.8 Å². The van der Waals surface area contributed by atoms with E-state index >= 15 is 0 Å². The summed E-state index contributed by atoms with van der Waals surface area (Å²) in [6.45, 7) is 4.37. The Morgan fingerprint density at radius 1 is 1.03 bits per heavy atom. The van der Waals surface area contributed by atoms with E-state index in [0.29, 0.717) is 0 Å². The zero-order valence-corrected chi connectivity index (χ0v) is 23.1. The monoisotopic (exact) mass is 565 g/mol. The first-order valence-corrected chi connectivity index (χ1v) is 13.6. The molecule has 1 heterocycles. The van der Waals surface area contributed by atoms with Gasteiger partial charge in [0, 0.05) is 32.7 Å². The molecule has 0 aromatic heterocycles. The van der Waals surface area contributed by atoms with Crippen molar-refractivity contribution in [3.8, 4) is 5.75 Å². The van der Waals surface area contributed by atoms with Crippen molar-refractivity contribution in [1.29, 1.82) is 0 Å².